The number of ether oxygens (including phenoxy) is 1. The normalized spacial score (nSPS) is 15.7. The highest BCUT2D eigenvalue weighted by Gasteiger charge is 2.29. The zero-order valence-corrected chi connectivity index (χ0v) is 10.3. The number of aromatic nitrogens is 1. The van der Waals surface area contributed by atoms with Gasteiger partial charge in [-0.2, -0.15) is 0 Å². The molecule has 1 saturated carbocycles. The topological polar surface area (TPSA) is 65.3 Å². The van der Waals surface area contributed by atoms with Crippen molar-refractivity contribution >= 4 is 5.82 Å². The fourth-order valence-electron chi connectivity index (χ4n) is 1.44. The van der Waals surface area contributed by atoms with Crippen LogP contribution in [0.3, 0.4) is 0 Å². The summed E-state index contributed by atoms with van der Waals surface area (Å²) in [5.74, 6) is 0.106. The summed E-state index contributed by atoms with van der Waals surface area (Å²) >= 11 is 0. The first-order valence-corrected chi connectivity index (χ1v) is 5.69. The Bertz CT molecular complexity index is 448. The van der Waals surface area contributed by atoms with E-state index in [1.54, 1.807) is 12.3 Å². The second kappa shape index (κ2) is 3.98. The molecule has 0 aromatic carbocycles. The quantitative estimate of drug-likeness (QED) is 0.598. The maximum Gasteiger partial charge on any atom is 0.406 e. The van der Waals surface area contributed by atoms with Crippen molar-refractivity contribution in [1.82, 2.24) is 4.98 Å². The molecule has 0 bridgehead atoms. The summed E-state index contributed by atoms with van der Waals surface area (Å²) in [7, 11) is 0. The van der Waals surface area contributed by atoms with Crippen molar-refractivity contribution in [1.29, 1.82) is 0 Å². The van der Waals surface area contributed by atoms with Crippen LogP contribution in [0.2, 0.25) is 0 Å². The standard InChI is InChI=1S/C12H16N2O3/c1-12(2,3)8-6-10(17-9-4-5-9)11(13-7-8)14(15)16/h6-7,9H,4-5H2,1-3H3. The molecule has 1 aromatic heterocycles. The minimum Gasteiger partial charge on any atom is -0.482 e. The van der Waals surface area contributed by atoms with Crippen molar-refractivity contribution < 1.29 is 9.66 Å². The van der Waals surface area contributed by atoms with E-state index in [0.29, 0.717) is 5.75 Å². The number of hydrogen-bond acceptors (Lipinski definition) is 4. The molecule has 0 saturated heterocycles. The van der Waals surface area contributed by atoms with Gasteiger partial charge in [-0.25, -0.2) is 0 Å². The second-order valence-corrected chi connectivity index (χ2v) is 5.37. The lowest BCUT2D eigenvalue weighted by atomic mass is 9.88. The molecule has 2 rings (SSSR count). The number of rotatable bonds is 3. The van der Waals surface area contributed by atoms with Crippen LogP contribution in [0.1, 0.15) is 39.2 Å². The van der Waals surface area contributed by atoms with E-state index in [2.05, 4.69) is 4.98 Å². The molecule has 0 unspecified atom stereocenters. The van der Waals surface area contributed by atoms with Crippen molar-refractivity contribution in [2.75, 3.05) is 0 Å². The van der Waals surface area contributed by atoms with Gasteiger partial charge in [0.25, 0.3) is 0 Å². The smallest absolute Gasteiger partial charge is 0.406 e. The Labute approximate surface area is 100.0 Å². The van der Waals surface area contributed by atoms with Gasteiger partial charge in [0.15, 0.2) is 0 Å². The van der Waals surface area contributed by atoms with Gasteiger partial charge in [-0.3, -0.25) is 0 Å². The Morgan fingerprint density at radius 2 is 2.12 bits per heavy atom. The lowest BCUT2D eigenvalue weighted by Gasteiger charge is -2.17. The molecule has 0 N–H and O–H groups in total. The van der Waals surface area contributed by atoms with Crippen LogP contribution in [0.5, 0.6) is 5.75 Å². The summed E-state index contributed by atoms with van der Waals surface area (Å²) in [6, 6.07) is 1.74. The summed E-state index contributed by atoms with van der Waals surface area (Å²) in [6.45, 7) is 6.12. The van der Waals surface area contributed by atoms with Crippen molar-refractivity contribution in [3.05, 3.63) is 27.9 Å². The predicted octanol–water partition coefficient (Wildman–Crippen LogP) is 2.83. The Balaban J connectivity index is 2.38. The molecule has 0 radical (unpaired) electrons. The van der Waals surface area contributed by atoms with Crippen LogP contribution >= 0.6 is 0 Å². The van der Waals surface area contributed by atoms with Gasteiger partial charge in [-0.15, -0.1) is 0 Å². The fraction of sp³-hybridized carbons (Fsp3) is 0.583. The van der Waals surface area contributed by atoms with Gasteiger partial charge < -0.3 is 14.9 Å². The number of nitro groups is 1. The van der Waals surface area contributed by atoms with E-state index in [0.717, 1.165) is 18.4 Å². The molecule has 1 aliphatic carbocycles. The maximum absolute atomic E-state index is 10.8. The van der Waals surface area contributed by atoms with Crippen molar-refractivity contribution in [3.63, 3.8) is 0 Å². The molecule has 1 fully saturated rings. The Morgan fingerprint density at radius 3 is 2.59 bits per heavy atom. The molecule has 0 spiro atoms. The monoisotopic (exact) mass is 236 g/mol. The summed E-state index contributed by atoms with van der Waals surface area (Å²) in [4.78, 5) is 14.3. The van der Waals surface area contributed by atoms with E-state index in [4.69, 9.17) is 4.74 Å². The molecule has 0 amide bonds. The van der Waals surface area contributed by atoms with Crippen LogP contribution in [-0.2, 0) is 5.41 Å². The van der Waals surface area contributed by atoms with Crippen molar-refractivity contribution in [3.8, 4) is 5.75 Å². The highest BCUT2D eigenvalue weighted by atomic mass is 16.6. The van der Waals surface area contributed by atoms with Gasteiger partial charge in [-0.1, -0.05) is 20.8 Å². The molecule has 5 nitrogen and oxygen atoms in total. The van der Waals surface area contributed by atoms with Crippen LogP contribution in [0.4, 0.5) is 5.82 Å². The van der Waals surface area contributed by atoms with Crippen LogP contribution in [0, 0.1) is 10.1 Å². The first-order valence-electron chi connectivity index (χ1n) is 5.69. The van der Waals surface area contributed by atoms with E-state index in [9.17, 15) is 10.1 Å². The first kappa shape index (κ1) is 11.8. The average molecular weight is 236 g/mol. The zero-order chi connectivity index (χ0) is 12.6. The Kier molecular flexibility index (Phi) is 2.77. The van der Waals surface area contributed by atoms with Crippen LogP contribution < -0.4 is 4.74 Å². The molecule has 1 aromatic rings. The SMILES string of the molecule is CC(C)(C)c1cnc([N+](=O)[O-])c(OC2CC2)c1. The van der Waals surface area contributed by atoms with Gasteiger partial charge in [0.05, 0.1) is 6.10 Å². The predicted molar refractivity (Wildman–Crippen MR) is 63.2 cm³/mol. The van der Waals surface area contributed by atoms with Gasteiger partial charge in [0.2, 0.25) is 5.75 Å². The molecule has 17 heavy (non-hydrogen) atoms. The zero-order valence-electron chi connectivity index (χ0n) is 10.3. The lowest BCUT2D eigenvalue weighted by Crippen LogP contribution is -2.13. The summed E-state index contributed by atoms with van der Waals surface area (Å²) in [5.41, 5.74) is 0.850. The van der Waals surface area contributed by atoms with E-state index in [1.807, 2.05) is 20.8 Å². The third kappa shape index (κ3) is 2.72. The van der Waals surface area contributed by atoms with E-state index in [1.165, 1.54) is 0 Å². The largest absolute Gasteiger partial charge is 0.482 e. The molecule has 0 aliphatic heterocycles. The molecule has 1 aliphatic rings. The fourth-order valence-corrected chi connectivity index (χ4v) is 1.44. The molecule has 92 valence electrons. The Hall–Kier alpha value is -1.65. The molecule has 5 heteroatoms. The number of nitrogens with zero attached hydrogens (tertiary/aromatic N) is 2. The number of pyridine rings is 1. The van der Waals surface area contributed by atoms with Gasteiger partial charge in [0.1, 0.15) is 6.20 Å². The third-order valence-corrected chi connectivity index (χ3v) is 2.69. The van der Waals surface area contributed by atoms with Crippen LogP contribution in [-0.4, -0.2) is 16.0 Å². The van der Waals surface area contributed by atoms with Gasteiger partial charge in [0, 0.05) is 5.56 Å². The van der Waals surface area contributed by atoms with Crippen molar-refractivity contribution in [2.24, 2.45) is 0 Å². The highest BCUT2D eigenvalue weighted by molar-refractivity contribution is 5.43. The summed E-state index contributed by atoms with van der Waals surface area (Å²) in [5, 5.41) is 10.8. The first-order chi connectivity index (χ1) is 7.88. The van der Waals surface area contributed by atoms with Crippen molar-refractivity contribution in [2.45, 2.75) is 45.1 Å². The highest BCUT2D eigenvalue weighted by Crippen LogP contribution is 2.35. The average Bonchev–Trinajstić information content (AvgIpc) is 2.99. The van der Waals surface area contributed by atoms with Gasteiger partial charge >= 0.3 is 5.82 Å². The van der Waals surface area contributed by atoms with E-state index < -0.39 is 4.92 Å². The van der Waals surface area contributed by atoms with E-state index >= 15 is 0 Å². The molecular formula is C12H16N2O3. The summed E-state index contributed by atoms with van der Waals surface area (Å²) < 4.78 is 5.55. The third-order valence-electron chi connectivity index (χ3n) is 2.69. The van der Waals surface area contributed by atoms with Gasteiger partial charge in [-0.05, 0) is 34.2 Å². The molecule has 1 heterocycles. The van der Waals surface area contributed by atoms with Crippen LogP contribution in [0.25, 0.3) is 0 Å². The summed E-state index contributed by atoms with van der Waals surface area (Å²) in [6.07, 6.45) is 3.62. The van der Waals surface area contributed by atoms with Crippen LogP contribution in [0.15, 0.2) is 12.3 Å². The minimum absolute atomic E-state index is 0.0935. The minimum atomic E-state index is -0.496. The van der Waals surface area contributed by atoms with E-state index in [-0.39, 0.29) is 17.3 Å². The second-order valence-electron chi connectivity index (χ2n) is 5.37. The maximum atomic E-state index is 10.8. The molecular weight excluding hydrogens is 220 g/mol. The molecule has 0 atom stereocenters. The number of hydrogen-bond donors (Lipinski definition) is 0. The Morgan fingerprint density at radius 1 is 1.47 bits per heavy atom. The lowest BCUT2D eigenvalue weighted by molar-refractivity contribution is -0.390.